The summed E-state index contributed by atoms with van der Waals surface area (Å²) in [5.41, 5.74) is 0.875. The van der Waals surface area contributed by atoms with E-state index in [2.05, 4.69) is 33.0 Å². The number of pyridine rings is 1. The molecule has 3 aromatic heterocycles. The summed E-state index contributed by atoms with van der Waals surface area (Å²) < 4.78 is 16.4. The van der Waals surface area contributed by atoms with Crippen molar-refractivity contribution in [3.05, 3.63) is 46.5 Å². The SMILES string of the molecule is CNc1cc(Nc2cccn([C@H]3C[C@H](F)C3)c2=O)nc2c(C(=O)N[C@@H]3CC[C@H](C)C3)cnn12. The third-order valence-electron chi connectivity index (χ3n) is 6.69. The van der Waals surface area contributed by atoms with E-state index in [0.717, 1.165) is 19.3 Å². The number of alkyl halides is 1. The van der Waals surface area contributed by atoms with Crippen molar-refractivity contribution in [2.75, 3.05) is 17.7 Å². The maximum Gasteiger partial charge on any atom is 0.274 e. The Balaban J connectivity index is 1.44. The zero-order chi connectivity index (χ0) is 23.1. The molecule has 0 spiro atoms. The molecule has 2 aliphatic rings. The predicted octanol–water partition coefficient (Wildman–Crippen LogP) is 3.27. The second-order valence-electron chi connectivity index (χ2n) is 9.14. The van der Waals surface area contributed by atoms with Gasteiger partial charge in [0.25, 0.3) is 11.5 Å². The Bertz CT molecular complexity index is 1250. The highest BCUT2D eigenvalue weighted by Crippen LogP contribution is 2.33. The summed E-state index contributed by atoms with van der Waals surface area (Å²) in [4.78, 5) is 30.5. The quantitative estimate of drug-likeness (QED) is 0.529. The molecule has 0 unspecified atom stereocenters. The van der Waals surface area contributed by atoms with Crippen LogP contribution in [0.25, 0.3) is 5.65 Å². The Labute approximate surface area is 190 Å². The average molecular weight is 454 g/mol. The molecular formula is C23H28FN7O2. The number of rotatable bonds is 6. The van der Waals surface area contributed by atoms with E-state index in [4.69, 9.17) is 0 Å². The second kappa shape index (κ2) is 8.49. The Kier molecular flexibility index (Phi) is 5.51. The molecular weight excluding hydrogens is 425 g/mol. The van der Waals surface area contributed by atoms with E-state index in [0.29, 0.717) is 47.3 Å². The molecule has 9 nitrogen and oxygen atoms in total. The van der Waals surface area contributed by atoms with Gasteiger partial charge in [-0.2, -0.15) is 9.61 Å². The highest BCUT2D eigenvalue weighted by molar-refractivity contribution is 6.00. The van der Waals surface area contributed by atoms with Crippen molar-refractivity contribution < 1.29 is 9.18 Å². The first-order valence-electron chi connectivity index (χ1n) is 11.4. The van der Waals surface area contributed by atoms with Gasteiger partial charge >= 0.3 is 0 Å². The van der Waals surface area contributed by atoms with Gasteiger partial charge in [-0.05, 0) is 50.2 Å². The third-order valence-corrected chi connectivity index (χ3v) is 6.69. The molecule has 5 rings (SSSR count). The van der Waals surface area contributed by atoms with Crippen molar-refractivity contribution in [2.45, 2.75) is 57.3 Å². The number of amides is 1. The topological polar surface area (TPSA) is 105 Å². The van der Waals surface area contributed by atoms with Gasteiger partial charge in [-0.3, -0.25) is 9.59 Å². The monoisotopic (exact) mass is 453 g/mol. The van der Waals surface area contributed by atoms with Crippen molar-refractivity contribution in [1.29, 1.82) is 0 Å². The Morgan fingerprint density at radius 3 is 2.76 bits per heavy atom. The van der Waals surface area contributed by atoms with E-state index in [1.165, 1.54) is 6.20 Å². The number of nitrogens with one attached hydrogen (secondary N) is 3. The van der Waals surface area contributed by atoms with E-state index < -0.39 is 6.17 Å². The normalized spacial score (nSPS) is 24.5. The highest BCUT2D eigenvalue weighted by Gasteiger charge is 2.31. The third kappa shape index (κ3) is 4.05. The van der Waals surface area contributed by atoms with Crippen LogP contribution in [0.3, 0.4) is 0 Å². The van der Waals surface area contributed by atoms with E-state index in [1.54, 1.807) is 40.5 Å². The molecule has 174 valence electrons. The smallest absolute Gasteiger partial charge is 0.274 e. The zero-order valence-electron chi connectivity index (χ0n) is 18.7. The van der Waals surface area contributed by atoms with Gasteiger partial charge in [-0.25, -0.2) is 9.37 Å². The predicted molar refractivity (Wildman–Crippen MR) is 124 cm³/mol. The number of aromatic nitrogens is 4. The van der Waals surface area contributed by atoms with Crippen LogP contribution < -0.4 is 21.5 Å². The lowest BCUT2D eigenvalue weighted by molar-refractivity contribution is 0.0938. The lowest BCUT2D eigenvalue weighted by atomic mass is 9.90. The molecule has 1 amide bonds. The first-order chi connectivity index (χ1) is 15.9. The summed E-state index contributed by atoms with van der Waals surface area (Å²) in [6.07, 6.45) is 6.10. The van der Waals surface area contributed by atoms with Gasteiger partial charge in [0, 0.05) is 31.4 Å². The summed E-state index contributed by atoms with van der Waals surface area (Å²) in [7, 11) is 1.75. The van der Waals surface area contributed by atoms with Crippen LogP contribution in [0.15, 0.2) is 35.4 Å². The number of halogens is 1. The molecule has 3 N–H and O–H groups in total. The number of hydrogen-bond donors (Lipinski definition) is 3. The number of carbonyl (C=O) groups excluding carboxylic acids is 1. The minimum absolute atomic E-state index is 0.124. The van der Waals surface area contributed by atoms with Crippen LogP contribution in [0.2, 0.25) is 0 Å². The highest BCUT2D eigenvalue weighted by atomic mass is 19.1. The summed E-state index contributed by atoms with van der Waals surface area (Å²) in [5, 5.41) is 13.6. The molecule has 0 saturated heterocycles. The lowest BCUT2D eigenvalue weighted by Crippen LogP contribution is -2.35. The zero-order valence-corrected chi connectivity index (χ0v) is 18.7. The first-order valence-corrected chi connectivity index (χ1v) is 11.4. The number of fused-ring (bicyclic) bond motifs is 1. The standard InChI is InChI=1S/C23H28FN7O2/c1-13-5-6-15(8-13)27-22(32)17-12-26-31-20(25-2)11-19(29-21(17)31)28-18-4-3-7-30(23(18)33)16-9-14(24)10-16/h3-4,7,11-16,25H,5-6,8-10H2,1-2H3,(H,27,32)(H,28,29)/t13-,14-,15+,16-/m0/s1. The molecule has 2 saturated carbocycles. The number of anilines is 3. The molecule has 0 radical (unpaired) electrons. The molecule has 0 aliphatic heterocycles. The summed E-state index contributed by atoms with van der Waals surface area (Å²) >= 11 is 0. The van der Waals surface area contributed by atoms with Gasteiger partial charge in [0.05, 0.1) is 6.20 Å². The van der Waals surface area contributed by atoms with Gasteiger partial charge in [-0.15, -0.1) is 0 Å². The van der Waals surface area contributed by atoms with Crippen molar-refractivity contribution >= 4 is 28.9 Å². The van der Waals surface area contributed by atoms with Crippen LogP contribution in [-0.2, 0) is 0 Å². The van der Waals surface area contributed by atoms with Crippen LogP contribution in [-0.4, -0.2) is 44.3 Å². The van der Waals surface area contributed by atoms with Crippen molar-refractivity contribution in [3.63, 3.8) is 0 Å². The summed E-state index contributed by atoms with van der Waals surface area (Å²) in [6.45, 7) is 2.19. The number of hydrogen-bond acceptors (Lipinski definition) is 6. The van der Waals surface area contributed by atoms with Gasteiger partial charge in [0.15, 0.2) is 5.65 Å². The van der Waals surface area contributed by atoms with Crippen molar-refractivity contribution in [1.82, 2.24) is 24.5 Å². The first kappa shape index (κ1) is 21.4. The minimum atomic E-state index is -0.848. The Hall–Kier alpha value is -3.43. The van der Waals surface area contributed by atoms with E-state index in [9.17, 15) is 14.0 Å². The van der Waals surface area contributed by atoms with E-state index in [-0.39, 0.29) is 23.6 Å². The van der Waals surface area contributed by atoms with Crippen LogP contribution in [0, 0.1) is 5.92 Å². The molecule has 2 aliphatic carbocycles. The van der Waals surface area contributed by atoms with Crippen LogP contribution in [0.5, 0.6) is 0 Å². The van der Waals surface area contributed by atoms with Gasteiger partial charge in [-0.1, -0.05) is 6.92 Å². The fourth-order valence-corrected chi connectivity index (χ4v) is 4.75. The summed E-state index contributed by atoms with van der Waals surface area (Å²) in [5.74, 6) is 1.42. The van der Waals surface area contributed by atoms with Gasteiger partial charge < -0.3 is 20.5 Å². The fourth-order valence-electron chi connectivity index (χ4n) is 4.75. The Morgan fingerprint density at radius 2 is 2.06 bits per heavy atom. The molecule has 3 heterocycles. The largest absolute Gasteiger partial charge is 0.373 e. The number of nitrogens with zero attached hydrogens (tertiary/aromatic N) is 4. The molecule has 0 bridgehead atoms. The van der Waals surface area contributed by atoms with Crippen LogP contribution >= 0.6 is 0 Å². The molecule has 0 aromatic carbocycles. The Morgan fingerprint density at radius 1 is 1.24 bits per heavy atom. The average Bonchev–Trinajstić information content (AvgIpc) is 3.38. The second-order valence-corrected chi connectivity index (χ2v) is 9.14. The minimum Gasteiger partial charge on any atom is -0.373 e. The van der Waals surface area contributed by atoms with Gasteiger partial charge in [0.1, 0.15) is 29.1 Å². The molecule has 10 heteroatoms. The maximum absolute atomic E-state index is 13.3. The lowest BCUT2D eigenvalue weighted by Gasteiger charge is -2.31. The molecule has 33 heavy (non-hydrogen) atoms. The van der Waals surface area contributed by atoms with E-state index in [1.807, 2.05) is 0 Å². The molecule has 3 aromatic rings. The van der Waals surface area contributed by atoms with Gasteiger partial charge in [0.2, 0.25) is 0 Å². The molecule has 2 fully saturated rings. The van der Waals surface area contributed by atoms with Crippen LogP contribution in [0.1, 0.15) is 55.4 Å². The fraction of sp³-hybridized carbons (Fsp3) is 0.478. The van der Waals surface area contributed by atoms with E-state index >= 15 is 0 Å². The van der Waals surface area contributed by atoms with Crippen molar-refractivity contribution in [3.8, 4) is 0 Å². The van der Waals surface area contributed by atoms with Crippen LogP contribution in [0.4, 0.5) is 21.7 Å². The van der Waals surface area contributed by atoms with Crippen molar-refractivity contribution in [2.24, 2.45) is 5.92 Å². The maximum atomic E-state index is 13.3. The summed E-state index contributed by atoms with van der Waals surface area (Å²) in [6, 6.07) is 5.18. The molecule has 2 atom stereocenters. The number of carbonyl (C=O) groups is 1.